The fourth-order valence-corrected chi connectivity index (χ4v) is 0.601. The van der Waals surface area contributed by atoms with Crippen LogP contribution in [0.15, 0.2) is 5.10 Å². The third-order valence-electron chi connectivity index (χ3n) is 1.33. The Bertz CT molecular complexity index is 210. The van der Waals surface area contributed by atoms with Gasteiger partial charge >= 0.3 is 6.03 Å². The molecule has 0 radical (unpaired) electrons. The number of amides is 2. The maximum atomic E-state index is 10.1. The Labute approximate surface area is 79.7 Å². The first-order chi connectivity index (χ1) is 6.49. The van der Waals surface area contributed by atoms with Gasteiger partial charge in [-0.15, -0.1) is 0 Å². The van der Waals surface area contributed by atoms with Crippen LogP contribution in [-0.4, -0.2) is 57.6 Å². The van der Waals surface area contributed by atoms with E-state index in [-0.39, 0.29) is 0 Å². The second-order valence-electron chi connectivity index (χ2n) is 2.49. The van der Waals surface area contributed by atoms with Crippen molar-refractivity contribution in [2.24, 2.45) is 10.8 Å². The molecule has 0 aromatic carbocycles. The third-order valence-corrected chi connectivity index (χ3v) is 1.33. The lowest BCUT2D eigenvalue weighted by molar-refractivity contribution is -0.0542. The number of aliphatic hydroxyl groups excluding tert-OH is 4. The largest absolute Gasteiger partial charge is 0.394 e. The second-order valence-corrected chi connectivity index (χ2v) is 2.49. The second kappa shape index (κ2) is 6.27. The molecule has 0 unspecified atom stereocenters. The van der Waals surface area contributed by atoms with Crippen LogP contribution in [0.5, 0.6) is 0 Å². The van der Waals surface area contributed by atoms with Gasteiger partial charge in [0.15, 0.2) is 0 Å². The number of carbonyl (C=O) groups excluding carboxylic acids is 1. The van der Waals surface area contributed by atoms with Crippen molar-refractivity contribution in [2.45, 2.75) is 18.3 Å². The molecule has 0 heterocycles. The Hall–Kier alpha value is -1.22. The highest BCUT2D eigenvalue weighted by Crippen LogP contribution is 1.97. The topological polar surface area (TPSA) is 148 Å². The number of rotatable bonds is 5. The van der Waals surface area contributed by atoms with E-state index >= 15 is 0 Å². The SMILES string of the molecule is NC(=O)N/N=C\[C@@H](O)[C@@H](O)[C@@H](O)CO. The number of carbonyl (C=O) groups is 1. The maximum Gasteiger partial charge on any atom is 0.332 e. The van der Waals surface area contributed by atoms with E-state index < -0.39 is 30.9 Å². The monoisotopic (exact) mass is 207 g/mol. The Morgan fingerprint density at radius 3 is 2.50 bits per heavy atom. The quantitative estimate of drug-likeness (QED) is 0.206. The summed E-state index contributed by atoms with van der Waals surface area (Å²) in [5.41, 5.74) is 6.42. The molecule has 0 bridgehead atoms. The molecule has 8 heteroatoms. The molecule has 0 saturated heterocycles. The van der Waals surface area contributed by atoms with Crippen LogP contribution in [0.4, 0.5) is 4.79 Å². The molecule has 8 nitrogen and oxygen atoms in total. The van der Waals surface area contributed by atoms with Crippen molar-refractivity contribution < 1.29 is 25.2 Å². The van der Waals surface area contributed by atoms with Crippen LogP contribution in [0.1, 0.15) is 0 Å². The van der Waals surface area contributed by atoms with E-state index in [0.717, 1.165) is 6.21 Å². The summed E-state index contributed by atoms with van der Waals surface area (Å²) in [5, 5.41) is 38.6. The first kappa shape index (κ1) is 12.8. The van der Waals surface area contributed by atoms with Gasteiger partial charge in [0.1, 0.15) is 18.3 Å². The lowest BCUT2D eigenvalue weighted by atomic mass is 10.1. The fraction of sp³-hybridized carbons (Fsp3) is 0.667. The summed E-state index contributed by atoms with van der Waals surface area (Å²) in [6.07, 6.45) is -3.80. The fourth-order valence-electron chi connectivity index (χ4n) is 0.601. The highest BCUT2D eigenvalue weighted by molar-refractivity contribution is 5.73. The molecule has 3 atom stereocenters. The molecule has 0 saturated carbocycles. The summed E-state index contributed by atoms with van der Waals surface area (Å²) in [7, 11) is 0. The lowest BCUT2D eigenvalue weighted by Gasteiger charge is -2.17. The lowest BCUT2D eigenvalue weighted by Crippen LogP contribution is -2.40. The number of hydrogen-bond donors (Lipinski definition) is 6. The number of nitrogens with one attached hydrogen (secondary N) is 1. The van der Waals surface area contributed by atoms with Crippen molar-refractivity contribution in [3.63, 3.8) is 0 Å². The van der Waals surface area contributed by atoms with Crippen LogP contribution < -0.4 is 11.2 Å². The first-order valence-corrected chi connectivity index (χ1v) is 3.72. The van der Waals surface area contributed by atoms with Gasteiger partial charge in [-0.2, -0.15) is 5.10 Å². The molecule has 7 N–H and O–H groups in total. The van der Waals surface area contributed by atoms with E-state index in [1.807, 2.05) is 0 Å². The van der Waals surface area contributed by atoms with Crippen LogP contribution in [0.3, 0.4) is 0 Å². The van der Waals surface area contributed by atoms with Gasteiger partial charge in [-0.25, -0.2) is 10.2 Å². The van der Waals surface area contributed by atoms with E-state index in [9.17, 15) is 4.79 Å². The summed E-state index contributed by atoms with van der Waals surface area (Å²) in [5.74, 6) is 0. The van der Waals surface area contributed by atoms with Gasteiger partial charge in [-0.3, -0.25) is 0 Å². The van der Waals surface area contributed by atoms with Crippen molar-refractivity contribution in [2.75, 3.05) is 6.61 Å². The Balaban J connectivity index is 3.99. The van der Waals surface area contributed by atoms with Crippen molar-refractivity contribution in [3.05, 3.63) is 0 Å². The van der Waals surface area contributed by atoms with E-state index in [1.54, 1.807) is 5.43 Å². The summed E-state index contributed by atoms with van der Waals surface area (Å²) in [6.45, 7) is -0.699. The summed E-state index contributed by atoms with van der Waals surface area (Å²) < 4.78 is 0. The van der Waals surface area contributed by atoms with Gasteiger partial charge in [-0.1, -0.05) is 0 Å². The van der Waals surface area contributed by atoms with Crippen molar-refractivity contribution in [1.82, 2.24) is 5.43 Å². The standard InChI is InChI=1S/C6H13N3O5/c7-6(14)9-8-1-3(11)5(13)4(12)2-10/h1,3-5,10-13H,2H2,(H3,7,9,14)/b8-1-/t3-,4+,5-/m1/s1. The van der Waals surface area contributed by atoms with Crippen LogP contribution in [0.25, 0.3) is 0 Å². The van der Waals surface area contributed by atoms with Gasteiger partial charge in [0, 0.05) is 0 Å². The molecule has 0 aliphatic rings. The number of urea groups is 1. The molecule has 0 aromatic rings. The molecular formula is C6H13N3O5. The molecule has 0 rings (SSSR count). The molecular weight excluding hydrogens is 194 g/mol. The van der Waals surface area contributed by atoms with Gasteiger partial charge in [0.2, 0.25) is 0 Å². The minimum Gasteiger partial charge on any atom is -0.394 e. The zero-order chi connectivity index (χ0) is 11.1. The number of hydrazone groups is 1. The minimum absolute atomic E-state index is 0.699. The highest BCUT2D eigenvalue weighted by Gasteiger charge is 2.22. The molecule has 0 fully saturated rings. The minimum atomic E-state index is -1.58. The zero-order valence-electron chi connectivity index (χ0n) is 7.24. The van der Waals surface area contributed by atoms with Crippen molar-refractivity contribution in [1.29, 1.82) is 0 Å². The normalized spacial score (nSPS) is 17.7. The van der Waals surface area contributed by atoms with E-state index in [1.165, 1.54) is 0 Å². The zero-order valence-corrected chi connectivity index (χ0v) is 7.24. The third kappa shape index (κ3) is 4.72. The van der Waals surface area contributed by atoms with Crippen LogP contribution in [0.2, 0.25) is 0 Å². The maximum absolute atomic E-state index is 10.1. The summed E-state index contributed by atoms with van der Waals surface area (Å²) >= 11 is 0. The number of aliphatic hydroxyl groups is 4. The Morgan fingerprint density at radius 1 is 1.50 bits per heavy atom. The Morgan fingerprint density at radius 2 is 2.07 bits per heavy atom. The molecule has 2 amide bonds. The predicted molar refractivity (Wildman–Crippen MR) is 46.3 cm³/mol. The first-order valence-electron chi connectivity index (χ1n) is 3.72. The number of primary amides is 1. The van der Waals surface area contributed by atoms with E-state index in [0.29, 0.717) is 0 Å². The van der Waals surface area contributed by atoms with E-state index in [2.05, 4.69) is 10.8 Å². The predicted octanol–water partition coefficient (Wildman–Crippen LogP) is -3.28. The number of nitrogens with zero attached hydrogens (tertiary/aromatic N) is 1. The van der Waals surface area contributed by atoms with Gasteiger partial charge < -0.3 is 26.2 Å². The molecule has 14 heavy (non-hydrogen) atoms. The molecule has 0 aromatic heterocycles. The molecule has 0 spiro atoms. The van der Waals surface area contributed by atoms with Crippen LogP contribution >= 0.6 is 0 Å². The molecule has 82 valence electrons. The molecule has 0 aliphatic heterocycles. The summed E-state index contributed by atoms with van der Waals surface area (Å²) in [4.78, 5) is 10.1. The van der Waals surface area contributed by atoms with Crippen molar-refractivity contribution in [3.8, 4) is 0 Å². The number of nitrogens with two attached hydrogens (primary N) is 1. The van der Waals surface area contributed by atoms with E-state index in [4.69, 9.17) is 20.4 Å². The smallest absolute Gasteiger partial charge is 0.332 e. The van der Waals surface area contributed by atoms with Gasteiger partial charge in [0.25, 0.3) is 0 Å². The van der Waals surface area contributed by atoms with Gasteiger partial charge in [0.05, 0.1) is 12.8 Å². The highest BCUT2D eigenvalue weighted by atomic mass is 16.4. The van der Waals surface area contributed by atoms with Gasteiger partial charge in [-0.05, 0) is 0 Å². The van der Waals surface area contributed by atoms with Crippen molar-refractivity contribution >= 4 is 12.2 Å². The summed E-state index contributed by atoms with van der Waals surface area (Å²) in [6, 6.07) is -0.925. The average molecular weight is 207 g/mol. The van der Waals surface area contributed by atoms with Crippen LogP contribution in [0, 0.1) is 0 Å². The number of hydrogen-bond acceptors (Lipinski definition) is 6. The average Bonchev–Trinajstić information content (AvgIpc) is 2.14. The van der Waals surface area contributed by atoms with Crippen LogP contribution in [-0.2, 0) is 0 Å². The Kier molecular flexibility index (Phi) is 5.72. The molecule has 0 aliphatic carbocycles.